The molecule has 4 N–H and O–H groups in total. The highest BCUT2D eigenvalue weighted by Gasteiger charge is 2.22. The summed E-state index contributed by atoms with van der Waals surface area (Å²) in [6, 6.07) is 10.2. The van der Waals surface area contributed by atoms with Crippen LogP contribution in [0.15, 0.2) is 55.0 Å². The minimum absolute atomic E-state index is 0.0220. The van der Waals surface area contributed by atoms with Gasteiger partial charge >= 0.3 is 0 Å². The number of ether oxygens (including phenoxy) is 2. The third-order valence-corrected chi connectivity index (χ3v) is 19.0. The monoisotopic (exact) mass is 1280 g/mol. The molecule has 6 atom stereocenters. The number of hydrogen-bond donors (Lipinski definition) is 4. The Morgan fingerprint density at radius 1 is 0.484 bits per heavy atom. The standard InChI is InChI=1S/C10H15N3.C9H14N4.C8H17NO.C8H17N.C7H15NO.2C6H13NO.C6H13N.C6H11N.C5H10O2/c1-12-6-8-13(9-7-12)10-4-2-3-5-11-10;1-12-5-7-13(8-6-12)9-10-3-2-4-11-9;1-9-6-3-2-4-8(9)5-7-10;1-7-5-4-6-8(2)9(7)3;1-8-4-2-3-7(5-8)6-9;1-7-4-2-6(8)3-5-7;1-7-4-2-3-6(8)5-7;1-6-3-4-7(2)5-6;1-7-5-3-2-4-6-7;1-2-5-6-3-4-7-5/h2-5H,6-9H2,1H3;2-4H,5-8H2,1H3;8,10H,2-7H2,1H3;7-8H,4-6H2,1-3H3;7,9H,2-6H2,1H3;2*6,8H,2-5H2,1H3;6H,3-5H2,1-2H3;2-3H,4-6H2,1H3;5H,2-4H2,1H3/t;;;;;;;6-;;/m.......1../s1. The number of anilines is 2. The van der Waals surface area contributed by atoms with E-state index in [1.165, 1.54) is 96.9 Å². The van der Waals surface area contributed by atoms with Gasteiger partial charge in [-0.2, -0.15) is 0 Å². The molecule has 0 saturated carbocycles. The molecular formula is C71H138N14O6. The lowest BCUT2D eigenvalue weighted by atomic mass is 9.99. The topological polar surface area (TPSA) is 174 Å². The quantitative estimate of drug-likeness (QED) is 0.221. The summed E-state index contributed by atoms with van der Waals surface area (Å²) < 4.78 is 10.2. The predicted octanol–water partition coefficient (Wildman–Crippen LogP) is 6.87. The van der Waals surface area contributed by atoms with E-state index in [0.717, 1.165) is 173 Å². The number of likely N-dealkylation sites (N-methyl/N-ethyl adjacent to an activating group) is 4. The predicted molar refractivity (Wildman–Crippen MR) is 379 cm³/mol. The Hall–Kier alpha value is -3.03. The van der Waals surface area contributed by atoms with Crippen molar-refractivity contribution in [1.82, 2.24) is 59.1 Å². The van der Waals surface area contributed by atoms with E-state index in [-0.39, 0.29) is 18.5 Å². The normalized spacial score (nSPS) is 26.9. The van der Waals surface area contributed by atoms with Crippen LogP contribution < -0.4 is 9.80 Å². The van der Waals surface area contributed by atoms with Crippen molar-refractivity contribution in [2.24, 2.45) is 11.8 Å². The van der Waals surface area contributed by atoms with E-state index >= 15 is 0 Å². The first-order chi connectivity index (χ1) is 43.8. The molecule has 5 unspecified atom stereocenters. The number of piperazine rings is 2. The van der Waals surface area contributed by atoms with Gasteiger partial charge in [-0.15, -0.1) is 0 Å². The number of aromatic nitrogens is 3. The molecular weight excluding hydrogens is 1140 g/mol. The number of aliphatic hydroxyl groups is 4. The summed E-state index contributed by atoms with van der Waals surface area (Å²) in [5, 5.41) is 35.5. The lowest BCUT2D eigenvalue weighted by molar-refractivity contribution is -0.0430. The summed E-state index contributed by atoms with van der Waals surface area (Å²) in [7, 11) is 19.3. The van der Waals surface area contributed by atoms with E-state index in [2.05, 4.69) is 171 Å². The molecule has 9 saturated heterocycles. The second kappa shape index (κ2) is 50.4. The van der Waals surface area contributed by atoms with E-state index in [9.17, 15) is 0 Å². The maximum atomic E-state index is 9.04. The van der Waals surface area contributed by atoms with Crippen molar-refractivity contribution in [2.45, 2.75) is 167 Å². The number of piperidine rings is 5. The van der Waals surface area contributed by atoms with Crippen molar-refractivity contribution in [2.75, 3.05) is 224 Å². The minimum atomic E-state index is -0.0613. The van der Waals surface area contributed by atoms with Crippen LogP contribution in [0, 0.1) is 11.8 Å². The van der Waals surface area contributed by atoms with Crippen LogP contribution in [0.3, 0.4) is 0 Å². The molecule has 20 heteroatoms. The first-order valence-corrected chi connectivity index (χ1v) is 35.7. The van der Waals surface area contributed by atoms with Crippen molar-refractivity contribution in [3.63, 3.8) is 0 Å². The minimum Gasteiger partial charge on any atom is -0.396 e. The van der Waals surface area contributed by atoms with Crippen LogP contribution in [0.1, 0.15) is 130 Å². The van der Waals surface area contributed by atoms with Crippen LogP contribution in [0.4, 0.5) is 11.8 Å². The van der Waals surface area contributed by atoms with Gasteiger partial charge in [0.1, 0.15) is 5.82 Å². The first kappa shape index (κ1) is 82.2. The average Bonchev–Trinajstić information content (AvgIpc) is 4.25. The van der Waals surface area contributed by atoms with Crippen LogP contribution >= 0.6 is 0 Å². The van der Waals surface area contributed by atoms with E-state index in [4.69, 9.17) is 29.9 Å². The lowest BCUT2D eigenvalue weighted by Crippen LogP contribution is -2.45. The van der Waals surface area contributed by atoms with Gasteiger partial charge in [0, 0.05) is 148 Å². The van der Waals surface area contributed by atoms with Gasteiger partial charge < -0.3 is 83.8 Å². The van der Waals surface area contributed by atoms with E-state index in [1.807, 2.05) is 31.4 Å². The molecule has 2 aromatic heterocycles. The van der Waals surface area contributed by atoms with Crippen LogP contribution in [0.5, 0.6) is 0 Å². The number of rotatable bonds is 6. The molecule has 2 aromatic rings. The maximum Gasteiger partial charge on any atom is 0.225 e. The Balaban J connectivity index is 0.000000266. The summed E-state index contributed by atoms with van der Waals surface area (Å²) in [6.07, 6.45) is 29.1. The van der Waals surface area contributed by atoms with Gasteiger partial charge in [-0.05, 0) is 223 Å². The average molecular weight is 1280 g/mol. The first-order valence-electron chi connectivity index (χ1n) is 35.7. The van der Waals surface area contributed by atoms with Crippen molar-refractivity contribution in [1.29, 1.82) is 0 Å². The summed E-state index contributed by atoms with van der Waals surface area (Å²) in [5.41, 5.74) is 0. The van der Waals surface area contributed by atoms with Crippen molar-refractivity contribution in [3.05, 3.63) is 55.0 Å². The fourth-order valence-electron chi connectivity index (χ4n) is 12.4. The molecule has 12 heterocycles. The number of aliphatic hydroxyl groups excluding tert-OH is 4. The Morgan fingerprint density at radius 3 is 1.46 bits per heavy atom. The lowest BCUT2D eigenvalue weighted by Gasteiger charge is -2.35. The van der Waals surface area contributed by atoms with Crippen LogP contribution in [0.25, 0.3) is 0 Å². The number of pyridine rings is 1. The summed E-state index contributed by atoms with van der Waals surface area (Å²) in [5.74, 6) is 3.46. The van der Waals surface area contributed by atoms with Gasteiger partial charge in [-0.25, -0.2) is 15.0 Å². The van der Waals surface area contributed by atoms with E-state index in [1.54, 1.807) is 12.4 Å². The zero-order valence-corrected chi connectivity index (χ0v) is 60.3. The molecule has 0 spiro atoms. The third-order valence-electron chi connectivity index (χ3n) is 19.0. The Labute approximate surface area is 556 Å². The molecule has 0 amide bonds. The van der Waals surface area contributed by atoms with Gasteiger partial charge in [0.15, 0.2) is 6.29 Å². The molecule has 0 aromatic carbocycles. The van der Waals surface area contributed by atoms with E-state index in [0.29, 0.717) is 25.2 Å². The fourth-order valence-corrected chi connectivity index (χ4v) is 12.4. The summed E-state index contributed by atoms with van der Waals surface area (Å²) in [4.78, 5) is 38.2. The third kappa shape index (κ3) is 38.9. The van der Waals surface area contributed by atoms with Crippen molar-refractivity contribution in [3.8, 4) is 0 Å². The molecule has 0 radical (unpaired) electrons. The molecule has 9 fully saturated rings. The molecule has 20 nitrogen and oxygen atoms in total. The molecule has 10 aliphatic heterocycles. The van der Waals surface area contributed by atoms with Crippen LogP contribution in [-0.4, -0.2) is 330 Å². The second-order valence-electron chi connectivity index (χ2n) is 27.6. The zero-order chi connectivity index (χ0) is 66.6. The van der Waals surface area contributed by atoms with Gasteiger partial charge in [-0.1, -0.05) is 44.9 Å². The van der Waals surface area contributed by atoms with Gasteiger partial charge in [0.05, 0.1) is 25.4 Å². The van der Waals surface area contributed by atoms with Gasteiger partial charge in [0.25, 0.3) is 0 Å². The van der Waals surface area contributed by atoms with Crippen molar-refractivity contribution < 1.29 is 29.9 Å². The molecule has 0 bridgehead atoms. The molecule has 528 valence electrons. The Kier molecular flexibility index (Phi) is 45.5. The molecule has 10 aliphatic rings. The van der Waals surface area contributed by atoms with Crippen LogP contribution in [0.2, 0.25) is 0 Å². The summed E-state index contributed by atoms with van der Waals surface area (Å²) >= 11 is 0. The van der Waals surface area contributed by atoms with E-state index < -0.39 is 0 Å². The fraction of sp³-hybridized carbons (Fsp3) is 0.845. The highest BCUT2D eigenvalue weighted by Crippen LogP contribution is 2.21. The number of likely N-dealkylation sites (tertiary alicyclic amines) is 6. The maximum absolute atomic E-state index is 9.04. The SMILES string of the molecule is CC1CCCC(C)N1C.CCC1OCCO1.CN1CC=CCC1.CN1CCC(O)CC1.CN1CCCC(CO)C1.CN1CCCC(O)C1.CN1CCCCC1CCO.CN1CCN(c2ccccn2)CC1.CN1CCN(c2ncccn2)CC1.C[C@@H]1CCN(C)C1. The van der Waals surface area contributed by atoms with Crippen LogP contribution in [-0.2, 0) is 9.47 Å². The van der Waals surface area contributed by atoms with Crippen molar-refractivity contribution >= 4 is 11.8 Å². The Morgan fingerprint density at radius 2 is 1.05 bits per heavy atom. The van der Waals surface area contributed by atoms with Gasteiger partial charge in [0.2, 0.25) is 5.95 Å². The largest absolute Gasteiger partial charge is 0.396 e. The molecule has 0 aliphatic carbocycles. The highest BCUT2D eigenvalue weighted by atomic mass is 16.7. The second-order valence-corrected chi connectivity index (χ2v) is 27.6. The van der Waals surface area contributed by atoms with Gasteiger partial charge in [-0.3, -0.25) is 0 Å². The molecule has 91 heavy (non-hydrogen) atoms. The Bertz CT molecular complexity index is 1900. The number of nitrogens with zero attached hydrogens (tertiary/aromatic N) is 14. The summed E-state index contributed by atoms with van der Waals surface area (Å²) in [6.45, 7) is 32.6. The number of hydrogen-bond acceptors (Lipinski definition) is 20. The zero-order valence-electron chi connectivity index (χ0n) is 60.3. The smallest absolute Gasteiger partial charge is 0.225 e. The highest BCUT2D eigenvalue weighted by molar-refractivity contribution is 5.38. The molecule has 12 rings (SSSR count). The number of β-amino-alcohol motifs (C(OH)–C–C–N with tert-alkyl or cyclic N) is 1.